The number of fused-ring (bicyclic) bond motifs is 3. The summed E-state index contributed by atoms with van der Waals surface area (Å²) in [5, 5.41) is 35.1. The second-order valence-corrected chi connectivity index (χ2v) is 14.0. The molecule has 3 aliphatic rings. The first kappa shape index (κ1) is 37.9. The summed E-state index contributed by atoms with van der Waals surface area (Å²) in [5.41, 5.74) is 3.16. The van der Waals surface area contributed by atoms with Gasteiger partial charge in [-0.1, -0.05) is 49.4 Å². The van der Waals surface area contributed by atoms with Gasteiger partial charge in [0.15, 0.2) is 5.60 Å². The largest absolute Gasteiger partial charge is 0.494 e. The second kappa shape index (κ2) is 16.5. The van der Waals surface area contributed by atoms with E-state index in [1.807, 2.05) is 49.4 Å². The maximum atomic E-state index is 14.2. The minimum atomic E-state index is -1.99. The normalized spacial score (nSPS) is 21.4. The van der Waals surface area contributed by atoms with Crippen LogP contribution in [0.1, 0.15) is 55.4 Å². The Kier molecular flexibility index (Phi) is 11.8. The van der Waals surface area contributed by atoms with E-state index in [2.05, 4.69) is 11.9 Å². The van der Waals surface area contributed by atoms with Crippen LogP contribution in [0, 0.1) is 5.92 Å². The third kappa shape index (κ3) is 7.39. The number of nitrogens with zero attached hydrogens (tertiary/aromatic N) is 3. The van der Waals surface area contributed by atoms with Crippen molar-refractivity contribution in [2.45, 2.75) is 70.2 Å². The summed E-state index contributed by atoms with van der Waals surface area (Å²) in [6, 6.07) is 17.9. The van der Waals surface area contributed by atoms with Gasteiger partial charge in [-0.3, -0.25) is 19.3 Å². The predicted octanol–water partition coefficient (Wildman–Crippen LogP) is 4.29. The van der Waals surface area contributed by atoms with E-state index in [0.29, 0.717) is 73.8 Å². The summed E-state index contributed by atoms with van der Waals surface area (Å²) in [4.78, 5) is 46.6. The summed E-state index contributed by atoms with van der Waals surface area (Å²) in [6.45, 7) is 9.04. The van der Waals surface area contributed by atoms with E-state index in [4.69, 9.17) is 4.74 Å². The fourth-order valence-corrected chi connectivity index (χ4v) is 7.78. The van der Waals surface area contributed by atoms with Gasteiger partial charge in [0, 0.05) is 43.3 Å². The lowest BCUT2D eigenvalue weighted by Crippen LogP contribution is -2.49. The van der Waals surface area contributed by atoms with Crippen LogP contribution in [0.15, 0.2) is 85.5 Å². The lowest BCUT2D eigenvalue weighted by atomic mass is 9.82. The maximum absolute atomic E-state index is 14.2. The van der Waals surface area contributed by atoms with Crippen molar-refractivity contribution < 1.29 is 34.4 Å². The zero-order chi connectivity index (χ0) is 37.7. The molecular formula is C42H50N4O7. The first-order chi connectivity index (χ1) is 25.7. The first-order valence-electron chi connectivity index (χ1n) is 18.5. The lowest BCUT2D eigenvalue weighted by Gasteiger charge is -2.36. The molecule has 3 amide bonds. The molecule has 0 aliphatic carbocycles. The monoisotopic (exact) mass is 722 g/mol. The maximum Gasteiger partial charge on any atom is 0.264 e. The average molecular weight is 723 g/mol. The van der Waals surface area contributed by atoms with Crippen LogP contribution < -0.4 is 19.9 Å². The lowest BCUT2D eigenvalue weighted by molar-refractivity contribution is -0.139. The number of ether oxygens (including phenoxy) is 1. The Morgan fingerprint density at radius 1 is 1.04 bits per heavy atom. The number of hydrogen-bond acceptors (Lipinski definition) is 8. The van der Waals surface area contributed by atoms with Crippen LogP contribution in [-0.4, -0.2) is 82.9 Å². The number of carbonyl (C=O) groups excluding carboxylic acids is 3. The van der Waals surface area contributed by atoms with Gasteiger partial charge in [-0.2, -0.15) is 0 Å². The summed E-state index contributed by atoms with van der Waals surface area (Å²) in [6.07, 6.45) is 7.37. The van der Waals surface area contributed by atoms with Crippen LogP contribution in [-0.2, 0) is 39.4 Å². The van der Waals surface area contributed by atoms with Gasteiger partial charge >= 0.3 is 0 Å². The number of amides is 3. The van der Waals surface area contributed by atoms with E-state index in [1.165, 1.54) is 4.90 Å². The molecule has 0 saturated carbocycles. The molecule has 4 atom stereocenters. The Labute approximate surface area is 311 Å². The highest BCUT2D eigenvalue weighted by Crippen LogP contribution is 2.48. The second-order valence-electron chi connectivity index (χ2n) is 14.0. The molecule has 3 heterocycles. The molecule has 0 radical (unpaired) electrons. The molecule has 0 bridgehead atoms. The Balaban J connectivity index is 1.30. The Bertz CT molecular complexity index is 1880. The zero-order valence-electron chi connectivity index (χ0n) is 30.5. The molecule has 4 N–H and O–H groups in total. The number of rotatable bonds is 15. The standard InChI is InChI=1S/C42H50N4O7/c1-4-20-44-38-17-15-32(46-37-18-16-34(53-5-2)23-31(37)24-36(40(46)50)43-19-8-9-21-47)25-35(38)42(52,41(44)51)28(3)11-10-14-39(49)45-26-30-13-7-6-12-29(30)22-33(45)27-48/h4,6-7,10-13,15-18,23,25,28,33,36,43,47-48,52H,1,5,8-9,14,19-22,24,26-27H2,2-3H3/b11-10+/t28-,33-,36?,42+/m0/s1. The number of carbonyl (C=O) groups is 3. The Hall–Kier alpha value is -4.81. The number of aliphatic hydroxyl groups excluding tert-OH is 2. The molecule has 0 spiro atoms. The van der Waals surface area contributed by atoms with Gasteiger partial charge in [-0.05, 0) is 92.2 Å². The van der Waals surface area contributed by atoms with Crippen LogP contribution in [0.5, 0.6) is 5.75 Å². The SMILES string of the molecule is C=CCN1C(=O)[C@@](O)([C@@H](C)/C=C/CC(=O)N2Cc3ccccc3C[C@H]2CO)c2cc(N3C(=O)C(NCCCCO)Cc4cc(OCC)ccc43)ccc21. The highest BCUT2D eigenvalue weighted by Gasteiger charge is 2.52. The van der Waals surface area contributed by atoms with Crippen molar-refractivity contribution in [2.75, 3.05) is 42.7 Å². The van der Waals surface area contributed by atoms with Crippen molar-refractivity contribution in [1.82, 2.24) is 10.2 Å². The van der Waals surface area contributed by atoms with E-state index in [9.17, 15) is 29.7 Å². The smallest absolute Gasteiger partial charge is 0.264 e. The van der Waals surface area contributed by atoms with E-state index < -0.39 is 23.5 Å². The molecule has 0 aromatic heterocycles. The highest BCUT2D eigenvalue weighted by atomic mass is 16.5. The molecule has 1 unspecified atom stereocenters. The minimum Gasteiger partial charge on any atom is -0.494 e. The third-order valence-corrected chi connectivity index (χ3v) is 10.6. The number of hydrogen-bond donors (Lipinski definition) is 4. The topological polar surface area (TPSA) is 143 Å². The number of benzene rings is 3. The van der Waals surface area contributed by atoms with Crippen molar-refractivity contribution in [3.63, 3.8) is 0 Å². The van der Waals surface area contributed by atoms with Crippen molar-refractivity contribution in [3.05, 3.63) is 108 Å². The van der Waals surface area contributed by atoms with Crippen molar-refractivity contribution in [3.8, 4) is 5.75 Å². The molecule has 11 nitrogen and oxygen atoms in total. The van der Waals surface area contributed by atoms with E-state index >= 15 is 0 Å². The van der Waals surface area contributed by atoms with Gasteiger partial charge in [0.05, 0.1) is 36.7 Å². The number of unbranched alkanes of at least 4 members (excludes halogenated alkanes) is 1. The quantitative estimate of drug-likeness (QED) is 0.135. The Morgan fingerprint density at radius 3 is 2.55 bits per heavy atom. The van der Waals surface area contributed by atoms with Crippen LogP contribution in [0.2, 0.25) is 0 Å². The average Bonchev–Trinajstić information content (AvgIpc) is 3.38. The number of aliphatic hydroxyl groups is 3. The van der Waals surface area contributed by atoms with Crippen LogP contribution in [0.4, 0.5) is 17.1 Å². The molecule has 3 aromatic carbocycles. The summed E-state index contributed by atoms with van der Waals surface area (Å²) in [5.74, 6) is -0.895. The molecule has 53 heavy (non-hydrogen) atoms. The third-order valence-electron chi connectivity index (χ3n) is 10.6. The van der Waals surface area contributed by atoms with Crippen LogP contribution in [0.3, 0.4) is 0 Å². The fourth-order valence-electron chi connectivity index (χ4n) is 7.78. The van der Waals surface area contributed by atoms with Crippen molar-refractivity contribution in [1.29, 1.82) is 0 Å². The van der Waals surface area contributed by atoms with Gasteiger partial charge in [0.1, 0.15) is 5.75 Å². The predicted molar refractivity (Wildman–Crippen MR) is 204 cm³/mol. The Morgan fingerprint density at radius 2 is 1.81 bits per heavy atom. The van der Waals surface area contributed by atoms with Gasteiger partial charge in [-0.15, -0.1) is 6.58 Å². The van der Waals surface area contributed by atoms with Gasteiger partial charge < -0.3 is 35.2 Å². The molecule has 0 fully saturated rings. The van der Waals surface area contributed by atoms with E-state index in [1.54, 1.807) is 53.2 Å². The molecular weight excluding hydrogens is 672 g/mol. The molecule has 280 valence electrons. The van der Waals surface area contributed by atoms with Crippen molar-refractivity contribution >= 4 is 34.8 Å². The molecule has 6 rings (SSSR count). The van der Waals surface area contributed by atoms with Gasteiger partial charge in [-0.25, -0.2) is 0 Å². The van der Waals surface area contributed by atoms with E-state index in [-0.39, 0.29) is 44.0 Å². The van der Waals surface area contributed by atoms with Gasteiger partial charge in [0.25, 0.3) is 5.91 Å². The number of nitrogens with one attached hydrogen (secondary N) is 1. The molecule has 3 aliphatic heterocycles. The van der Waals surface area contributed by atoms with Crippen molar-refractivity contribution in [2.24, 2.45) is 5.92 Å². The summed E-state index contributed by atoms with van der Waals surface area (Å²) in [7, 11) is 0. The summed E-state index contributed by atoms with van der Waals surface area (Å²) < 4.78 is 5.78. The summed E-state index contributed by atoms with van der Waals surface area (Å²) >= 11 is 0. The van der Waals surface area contributed by atoms with Gasteiger partial charge in [0.2, 0.25) is 11.8 Å². The first-order valence-corrected chi connectivity index (χ1v) is 18.5. The fraction of sp³-hybridized carbons (Fsp3) is 0.405. The van der Waals surface area contributed by atoms with Crippen LogP contribution in [0.25, 0.3) is 0 Å². The molecule has 0 saturated heterocycles. The van der Waals surface area contributed by atoms with E-state index in [0.717, 1.165) is 16.7 Å². The zero-order valence-corrected chi connectivity index (χ0v) is 30.5. The minimum absolute atomic E-state index is 0.0338. The van der Waals surface area contributed by atoms with Crippen LogP contribution >= 0.6 is 0 Å². The number of anilines is 3. The molecule has 3 aromatic rings. The highest BCUT2D eigenvalue weighted by molar-refractivity contribution is 6.10. The molecule has 11 heteroatoms.